The molecule has 0 saturated carbocycles. The maximum atomic E-state index is 11.9. The van der Waals surface area contributed by atoms with Gasteiger partial charge in [0.1, 0.15) is 5.75 Å². The molecular formula is C18H22N2O2. The van der Waals surface area contributed by atoms with Gasteiger partial charge < -0.3 is 15.4 Å². The van der Waals surface area contributed by atoms with Crippen LogP contribution < -0.4 is 15.4 Å². The van der Waals surface area contributed by atoms with Crippen molar-refractivity contribution in [2.45, 2.75) is 20.8 Å². The number of anilines is 3. The number of amides is 1. The molecule has 0 atom stereocenters. The summed E-state index contributed by atoms with van der Waals surface area (Å²) in [6.07, 6.45) is 0. The number of rotatable bonds is 4. The molecule has 0 bridgehead atoms. The van der Waals surface area contributed by atoms with Crippen LogP contribution in [0.25, 0.3) is 0 Å². The number of hydrogen-bond acceptors (Lipinski definition) is 3. The average molecular weight is 298 g/mol. The summed E-state index contributed by atoms with van der Waals surface area (Å²) >= 11 is 0. The molecular weight excluding hydrogens is 276 g/mol. The van der Waals surface area contributed by atoms with E-state index in [0.29, 0.717) is 0 Å². The van der Waals surface area contributed by atoms with E-state index in [1.165, 1.54) is 0 Å². The Hall–Kier alpha value is -2.49. The van der Waals surface area contributed by atoms with Gasteiger partial charge in [0.05, 0.1) is 7.11 Å². The van der Waals surface area contributed by atoms with Crippen LogP contribution in [0.4, 0.5) is 17.1 Å². The first-order valence-corrected chi connectivity index (χ1v) is 7.21. The number of methoxy groups -OCH3 is 1. The molecule has 0 aliphatic rings. The number of hydrogen-bond donors (Lipinski definition) is 2. The van der Waals surface area contributed by atoms with Gasteiger partial charge in [-0.1, -0.05) is 26.8 Å². The fourth-order valence-electron chi connectivity index (χ4n) is 1.82. The first-order valence-electron chi connectivity index (χ1n) is 7.21. The highest BCUT2D eigenvalue weighted by Gasteiger charge is 2.20. The molecule has 2 aromatic rings. The van der Waals surface area contributed by atoms with Crippen molar-refractivity contribution in [2.24, 2.45) is 5.41 Å². The van der Waals surface area contributed by atoms with E-state index >= 15 is 0 Å². The molecule has 22 heavy (non-hydrogen) atoms. The van der Waals surface area contributed by atoms with E-state index in [0.717, 1.165) is 22.8 Å². The Labute approximate surface area is 131 Å². The van der Waals surface area contributed by atoms with Gasteiger partial charge in [-0.2, -0.15) is 0 Å². The van der Waals surface area contributed by atoms with Crippen LogP contribution in [-0.4, -0.2) is 13.0 Å². The van der Waals surface area contributed by atoms with E-state index in [-0.39, 0.29) is 5.91 Å². The molecule has 4 heteroatoms. The molecule has 0 fully saturated rings. The lowest BCUT2D eigenvalue weighted by Gasteiger charge is -2.17. The minimum Gasteiger partial charge on any atom is -0.497 e. The van der Waals surface area contributed by atoms with Gasteiger partial charge in [0.2, 0.25) is 5.91 Å². The molecule has 2 aromatic carbocycles. The van der Waals surface area contributed by atoms with Gasteiger partial charge in [0.25, 0.3) is 0 Å². The Morgan fingerprint density at radius 2 is 1.59 bits per heavy atom. The van der Waals surface area contributed by atoms with Gasteiger partial charge in [-0.05, 0) is 36.4 Å². The SMILES string of the molecule is COc1cccc(Nc2ccc(NC(=O)C(C)(C)C)cc2)c1. The number of benzene rings is 2. The maximum absolute atomic E-state index is 11.9. The second-order valence-electron chi connectivity index (χ2n) is 6.14. The smallest absolute Gasteiger partial charge is 0.229 e. The zero-order chi connectivity index (χ0) is 16.2. The molecule has 0 aromatic heterocycles. The number of carbonyl (C=O) groups is 1. The third-order valence-electron chi connectivity index (χ3n) is 3.18. The van der Waals surface area contributed by atoms with Gasteiger partial charge in [-0.25, -0.2) is 0 Å². The highest BCUT2D eigenvalue weighted by molar-refractivity contribution is 5.94. The van der Waals surface area contributed by atoms with Crippen molar-refractivity contribution in [1.82, 2.24) is 0 Å². The van der Waals surface area contributed by atoms with Crippen LogP contribution in [0, 0.1) is 5.41 Å². The summed E-state index contributed by atoms with van der Waals surface area (Å²) in [5.74, 6) is 0.806. The maximum Gasteiger partial charge on any atom is 0.229 e. The van der Waals surface area contributed by atoms with Crippen LogP contribution in [0.2, 0.25) is 0 Å². The van der Waals surface area contributed by atoms with E-state index in [1.807, 2.05) is 69.3 Å². The Balaban J connectivity index is 2.04. The molecule has 2 N–H and O–H groups in total. The minimum atomic E-state index is -0.405. The molecule has 116 valence electrons. The van der Waals surface area contributed by atoms with Crippen LogP contribution in [0.1, 0.15) is 20.8 Å². The number of nitrogens with one attached hydrogen (secondary N) is 2. The van der Waals surface area contributed by atoms with Crippen molar-refractivity contribution in [2.75, 3.05) is 17.7 Å². The molecule has 4 nitrogen and oxygen atoms in total. The lowest BCUT2D eigenvalue weighted by Crippen LogP contribution is -2.27. The van der Waals surface area contributed by atoms with Crippen molar-refractivity contribution < 1.29 is 9.53 Å². The second kappa shape index (κ2) is 6.52. The topological polar surface area (TPSA) is 50.4 Å². The van der Waals surface area contributed by atoms with E-state index in [9.17, 15) is 4.79 Å². The molecule has 2 rings (SSSR count). The standard InChI is InChI=1S/C18H22N2O2/c1-18(2,3)17(21)20-14-10-8-13(9-11-14)19-15-6-5-7-16(12-15)22-4/h5-12,19H,1-4H3,(H,20,21). The first kappa shape index (κ1) is 15.9. The van der Waals surface area contributed by atoms with Gasteiger partial charge >= 0.3 is 0 Å². The molecule has 1 amide bonds. The zero-order valence-electron chi connectivity index (χ0n) is 13.4. The highest BCUT2D eigenvalue weighted by atomic mass is 16.5. The van der Waals surface area contributed by atoms with Crippen molar-refractivity contribution in [3.63, 3.8) is 0 Å². The number of ether oxygens (including phenoxy) is 1. The summed E-state index contributed by atoms with van der Waals surface area (Å²) in [5.41, 5.74) is 2.28. The lowest BCUT2D eigenvalue weighted by atomic mass is 9.95. The Bertz CT molecular complexity index is 643. The molecule has 0 unspecified atom stereocenters. The Kier molecular flexibility index (Phi) is 4.71. The fourth-order valence-corrected chi connectivity index (χ4v) is 1.82. The molecule has 0 heterocycles. The van der Waals surface area contributed by atoms with Crippen LogP contribution >= 0.6 is 0 Å². The Morgan fingerprint density at radius 3 is 2.18 bits per heavy atom. The van der Waals surface area contributed by atoms with Crippen LogP contribution in [0.3, 0.4) is 0 Å². The van der Waals surface area contributed by atoms with Crippen LogP contribution in [-0.2, 0) is 4.79 Å². The summed E-state index contributed by atoms with van der Waals surface area (Å²) in [4.78, 5) is 11.9. The summed E-state index contributed by atoms with van der Waals surface area (Å²) < 4.78 is 5.20. The normalized spacial score (nSPS) is 10.9. The van der Waals surface area contributed by atoms with Crippen molar-refractivity contribution in [1.29, 1.82) is 0 Å². The first-order chi connectivity index (χ1) is 10.4. The fraction of sp³-hybridized carbons (Fsp3) is 0.278. The van der Waals surface area contributed by atoms with Crippen molar-refractivity contribution in [3.05, 3.63) is 48.5 Å². The summed E-state index contributed by atoms with van der Waals surface area (Å²) in [6, 6.07) is 15.3. The summed E-state index contributed by atoms with van der Waals surface area (Å²) in [6.45, 7) is 5.67. The lowest BCUT2D eigenvalue weighted by molar-refractivity contribution is -0.123. The molecule has 0 aliphatic carbocycles. The second-order valence-corrected chi connectivity index (χ2v) is 6.14. The van der Waals surface area contributed by atoms with Gasteiger partial charge in [0.15, 0.2) is 0 Å². The van der Waals surface area contributed by atoms with E-state index < -0.39 is 5.41 Å². The predicted molar refractivity (Wildman–Crippen MR) is 90.8 cm³/mol. The zero-order valence-corrected chi connectivity index (χ0v) is 13.4. The van der Waals surface area contributed by atoms with E-state index in [4.69, 9.17) is 4.74 Å². The Morgan fingerprint density at radius 1 is 0.955 bits per heavy atom. The molecule has 0 aliphatic heterocycles. The number of carbonyl (C=O) groups excluding carboxylic acids is 1. The largest absolute Gasteiger partial charge is 0.497 e. The molecule has 0 spiro atoms. The predicted octanol–water partition coefficient (Wildman–Crippen LogP) is 4.42. The van der Waals surface area contributed by atoms with Gasteiger partial charge in [-0.15, -0.1) is 0 Å². The van der Waals surface area contributed by atoms with Gasteiger partial charge in [0, 0.05) is 28.5 Å². The van der Waals surface area contributed by atoms with Crippen LogP contribution in [0.15, 0.2) is 48.5 Å². The third-order valence-corrected chi connectivity index (χ3v) is 3.18. The van der Waals surface area contributed by atoms with Crippen LogP contribution in [0.5, 0.6) is 5.75 Å². The van der Waals surface area contributed by atoms with E-state index in [1.54, 1.807) is 7.11 Å². The summed E-state index contributed by atoms with van der Waals surface area (Å²) in [5, 5.41) is 6.20. The van der Waals surface area contributed by atoms with E-state index in [2.05, 4.69) is 10.6 Å². The molecule has 0 radical (unpaired) electrons. The molecule has 0 saturated heterocycles. The monoisotopic (exact) mass is 298 g/mol. The third kappa shape index (κ3) is 4.25. The minimum absolute atomic E-state index is 0.000930. The van der Waals surface area contributed by atoms with Crippen molar-refractivity contribution >= 4 is 23.0 Å². The van der Waals surface area contributed by atoms with Crippen molar-refractivity contribution in [3.8, 4) is 5.75 Å². The highest BCUT2D eigenvalue weighted by Crippen LogP contribution is 2.23. The average Bonchev–Trinajstić information content (AvgIpc) is 2.48. The van der Waals surface area contributed by atoms with Gasteiger partial charge in [-0.3, -0.25) is 4.79 Å². The quantitative estimate of drug-likeness (QED) is 0.878. The summed E-state index contributed by atoms with van der Waals surface area (Å²) in [7, 11) is 1.64.